The van der Waals surface area contributed by atoms with E-state index in [1.54, 1.807) is 18.5 Å². The normalized spacial score (nSPS) is 10.6. The van der Waals surface area contributed by atoms with Gasteiger partial charge in [-0.1, -0.05) is 18.3 Å². The Hall–Kier alpha value is -1.82. The Kier molecular flexibility index (Phi) is 3.99. The summed E-state index contributed by atoms with van der Waals surface area (Å²) in [6.07, 6.45) is 3.32. The van der Waals surface area contributed by atoms with E-state index in [0.717, 1.165) is 17.1 Å². The first kappa shape index (κ1) is 12.6. The molecule has 2 rings (SSSR count). The average molecular weight is 263 g/mol. The van der Waals surface area contributed by atoms with Crippen LogP contribution in [0.5, 0.6) is 0 Å². The van der Waals surface area contributed by atoms with Gasteiger partial charge in [0.15, 0.2) is 4.88 Å². The molecule has 0 N–H and O–H groups in total. The van der Waals surface area contributed by atoms with Crippen LogP contribution in [0.1, 0.15) is 23.5 Å². The highest BCUT2D eigenvalue weighted by atomic mass is 32.1. The second kappa shape index (κ2) is 5.68. The third kappa shape index (κ3) is 2.89. The highest BCUT2D eigenvalue weighted by Crippen LogP contribution is 2.23. The monoisotopic (exact) mass is 263 g/mol. The Balaban J connectivity index is 2.20. The van der Waals surface area contributed by atoms with E-state index in [1.807, 2.05) is 19.9 Å². The summed E-state index contributed by atoms with van der Waals surface area (Å²) < 4.78 is 8.99. The van der Waals surface area contributed by atoms with Crippen LogP contribution in [0, 0.1) is 5.92 Å². The van der Waals surface area contributed by atoms with Crippen LogP contribution in [0.25, 0.3) is 11.3 Å². The van der Waals surface area contributed by atoms with Crippen molar-refractivity contribution in [1.82, 2.24) is 14.6 Å². The van der Waals surface area contributed by atoms with Crippen LogP contribution in [0.3, 0.4) is 0 Å². The molecule has 0 atom stereocenters. The van der Waals surface area contributed by atoms with E-state index in [2.05, 4.69) is 14.6 Å². The van der Waals surface area contributed by atoms with Crippen molar-refractivity contribution in [3.63, 3.8) is 0 Å². The summed E-state index contributed by atoms with van der Waals surface area (Å²) in [5.74, 6) is -0.0748. The van der Waals surface area contributed by atoms with Gasteiger partial charge in [0.05, 0.1) is 6.61 Å². The standard InChI is InChI=1S/C12H13N3O2S/c1-8(2)7-17-12(16)11-10(14-15-18-11)9-4-3-5-13-6-9/h3-6,8H,7H2,1-2H3. The first-order valence-electron chi connectivity index (χ1n) is 5.58. The van der Waals surface area contributed by atoms with E-state index in [-0.39, 0.29) is 5.97 Å². The fourth-order valence-corrected chi connectivity index (χ4v) is 1.91. The van der Waals surface area contributed by atoms with Gasteiger partial charge in [0.1, 0.15) is 5.69 Å². The maximum absolute atomic E-state index is 11.9. The number of ether oxygens (including phenoxy) is 1. The summed E-state index contributed by atoms with van der Waals surface area (Å²) >= 11 is 1.04. The largest absolute Gasteiger partial charge is 0.461 e. The predicted molar refractivity (Wildman–Crippen MR) is 68.3 cm³/mol. The third-order valence-electron chi connectivity index (χ3n) is 2.16. The van der Waals surface area contributed by atoms with Crippen molar-refractivity contribution in [3.8, 4) is 11.3 Å². The van der Waals surface area contributed by atoms with Crippen LogP contribution in [0.4, 0.5) is 0 Å². The molecule has 0 radical (unpaired) electrons. The smallest absolute Gasteiger partial charge is 0.352 e. The summed E-state index contributed by atoms with van der Waals surface area (Å²) in [7, 11) is 0. The Morgan fingerprint density at radius 1 is 1.50 bits per heavy atom. The summed E-state index contributed by atoms with van der Waals surface area (Å²) in [6, 6.07) is 3.63. The number of esters is 1. The maximum atomic E-state index is 11.9. The molecule has 0 saturated heterocycles. The molecule has 0 spiro atoms. The summed E-state index contributed by atoms with van der Waals surface area (Å²) in [4.78, 5) is 16.3. The van der Waals surface area contributed by atoms with Crippen LogP contribution >= 0.6 is 11.5 Å². The Bertz CT molecular complexity index is 525. The number of pyridine rings is 1. The molecule has 2 heterocycles. The van der Waals surface area contributed by atoms with Crippen LogP contribution in [-0.4, -0.2) is 27.1 Å². The van der Waals surface area contributed by atoms with Crippen LogP contribution in [0.2, 0.25) is 0 Å². The minimum atomic E-state index is -0.377. The lowest BCUT2D eigenvalue weighted by atomic mass is 10.2. The number of carbonyl (C=O) groups excluding carboxylic acids is 1. The van der Waals surface area contributed by atoms with Crippen molar-refractivity contribution < 1.29 is 9.53 Å². The summed E-state index contributed by atoms with van der Waals surface area (Å²) in [6.45, 7) is 4.36. The zero-order chi connectivity index (χ0) is 13.0. The molecule has 5 nitrogen and oxygen atoms in total. The van der Waals surface area contributed by atoms with E-state index in [9.17, 15) is 4.79 Å². The number of carbonyl (C=O) groups is 1. The van der Waals surface area contributed by atoms with Gasteiger partial charge in [-0.2, -0.15) is 0 Å². The molecule has 2 aromatic rings. The fourth-order valence-electron chi connectivity index (χ4n) is 1.32. The fraction of sp³-hybridized carbons (Fsp3) is 0.333. The van der Waals surface area contributed by atoms with Crippen molar-refractivity contribution in [2.75, 3.05) is 6.61 Å². The maximum Gasteiger partial charge on any atom is 0.352 e. The molecule has 0 saturated carbocycles. The number of aromatic nitrogens is 3. The van der Waals surface area contributed by atoms with Gasteiger partial charge in [-0.05, 0) is 29.6 Å². The van der Waals surface area contributed by atoms with Crippen LogP contribution in [-0.2, 0) is 4.74 Å². The van der Waals surface area contributed by atoms with E-state index in [0.29, 0.717) is 23.1 Å². The van der Waals surface area contributed by atoms with Gasteiger partial charge >= 0.3 is 5.97 Å². The second-order valence-corrected chi connectivity index (χ2v) is 4.94. The third-order valence-corrected chi connectivity index (χ3v) is 2.86. The van der Waals surface area contributed by atoms with E-state index in [4.69, 9.17) is 4.74 Å². The summed E-state index contributed by atoms with van der Waals surface area (Å²) in [5.41, 5.74) is 1.30. The molecule has 2 aromatic heterocycles. The van der Waals surface area contributed by atoms with Gasteiger partial charge in [0.25, 0.3) is 0 Å². The molecule has 6 heteroatoms. The zero-order valence-electron chi connectivity index (χ0n) is 10.2. The minimum Gasteiger partial charge on any atom is -0.461 e. The van der Waals surface area contributed by atoms with Gasteiger partial charge in [-0.25, -0.2) is 4.79 Å². The molecule has 0 aliphatic rings. The predicted octanol–water partition coefficient (Wildman–Crippen LogP) is 2.41. The molecule has 0 unspecified atom stereocenters. The van der Waals surface area contributed by atoms with E-state index >= 15 is 0 Å². The van der Waals surface area contributed by atoms with Gasteiger partial charge in [0.2, 0.25) is 0 Å². The Morgan fingerprint density at radius 3 is 3.00 bits per heavy atom. The number of rotatable bonds is 4. The lowest BCUT2D eigenvalue weighted by molar-refractivity contribution is 0.0465. The molecule has 0 amide bonds. The van der Waals surface area contributed by atoms with Crippen molar-refractivity contribution in [3.05, 3.63) is 29.4 Å². The number of nitrogens with zero attached hydrogens (tertiary/aromatic N) is 3. The number of hydrogen-bond donors (Lipinski definition) is 0. The SMILES string of the molecule is CC(C)COC(=O)c1snnc1-c1cccnc1. The van der Waals surface area contributed by atoms with Gasteiger partial charge < -0.3 is 4.74 Å². The second-order valence-electron chi connectivity index (χ2n) is 4.18. The molecule has 0 fully saturated rings. The van der Waals surface area contributed by atoms with Crippen LogP contribution < -0.4 is 0 Å². The highest BCUT2D eigenvalue weighted by Gasteiger charge is 2.19. The van der Waals surface area contributed by atoms with Gasteiger partial charge in [-0.3, -0.25) is 4.98 Å². The first-order valence-corrected chi connectivity index (χ1v) is 6.35. The average Bonchev–Trinajstić information content (AvgIpc) is 2.86. The van der Waals surface area contributed by atoms with Crippen molar-refractivity contribution >= 4 is 17.5 Å². The minimum absolute atomic E-state index is 0.302. The van der Waals surface area contributed by atoms with Crippen molar-refractivity contribution in [1.29, 1.82) is 0 Å². The lowest BCUT2D eigenvalue weighted by Gasteiger charge is -2.06. The van der Waals surface area contributed by atoms with E-state index in [1.165, 1.54) is 0 Å². The molecule has 0 aliphatic carbocycles. The van der Waals surface area contributed by atoms with Crippen LogP contribution in [0.15, 0.2) is 24.5 Å². The Morgan fingerprint density at radius 2 is 2.33 bits per heavy atom. The molecule has 18 heavy (non-hydrogen) atoms. The van der Waals surface area contributed by atoms with E-state index < -0.39 is 0 Å². The molecule has 0 bridgehead atoms. The highest BCUT2D eigenvalue weighted by molar-refractivity contribution is 7.08. The molecular formula is C12H13N3O2S. The number of hydrogen-bond acceptors (Lipinski definition) is 6. The zero-order valence-corrected chi connectivity index (χ0v) is 11.0. The summed E-state index contributed by atoms with van der Waals surface area (Å²) in [5, 5.41) is 3.96. The molecular weight excluding hydrogens is 250 g/mol. The first-order chi connectivity index (χ1) is 8.68. The topological polar surface area (TPSA) is 65.0 Å². The molecule has 0 aromatic carbocycles. The Labute approximate surface area is 109 Å². The van der Waals surface area contributed by atoms with Crippen molar-refractivity contribution in [2.24, 2.45) is 5.92 Å². The molecule has 94 valence electrons. The quantitative estimate of drug-likeness (QED) is 0.792. The lowest BCUT2D eigenvalue weighted by Crippen LogP contribution is -2.09. The van der Waals surface area contributed by atoms with Crippen molar-refractivity contribution in [2.45, 2.75) is 13.8 Å². The van der Waals surface area contributed by atoms with Gasteiger partial charge in [-0.15, -0.1) is 5.10 Å². The molecule has 0 aliphatic heterocycles. The van der Waals surface area contributed by atoms with Gasteiger partial charge in [0, 0.05) is 18.0 Å².